The van der Waals surface area contributed by atoms with Crippen molar-refractivity contribution in [1.82, 2.24) is 9.88 Å². The summed E-state index contributed by atoms with van der Waals surface area (Å²) >= 11 is 13.4. The monoisotopic (exact) mass is 356 g/mol. The first kappa shape index (κ1) is 15.7. The molecule has 0 saturated carbocycles. The minimum atomic E-state index is 0.0957. The first-order chi connectivity index (χ1) is 10.6. The highest BCUT2D eigenvalue weighted by atomic mass is 35.5. The minimum Gasteiger partial charge on any atom is -0.378 e. The average molecular weight is 357 g/mol. The van der Waals surface area contributed by atoms with E-state index in [4.69, 9.17) is 27.9 Å². The van der Waals surface area contributed by atoms with Gasteiger partial charge in [0.1, 0.15) is 5.01 Å². The number of thiazole rings is 1. The molecule has 1 saturated heterocycles. The smallest absolute Gasteiger partial charge is 0.229 e. The largest absolute Gasteiger partial charge is 0.378 e. The van der Waals surface area contributed by atoms with Crippen molar-refractivity contribution in [2.24, 2.45) is 0 Å². The summed E-state index contributed by atoms with van der Waals surface area (Å²) < 4.78 is 5.25. The third-order valence-electron chi connectivity index (χ3n) is 3.43. The second-order valence-electron chi connectivity index (χ2n) is 4.93. The Morgan fingerprint density at radius 2 is 2.05 bits per heavy atom. The van der Waals surface area contributed by atoms with Gasteiger partial charge in [0.25, 0.3) is 0 Å². The molecule has 0 N–H and O–H groups in total. The van der Waals surface area contributed by atoms with Crippen LogP contribution in [0.5, 0.6) is 0 Å². The predicted molar refractivity (Wildman–Crippen MR) is 88.7 cm³/mol. The van der Waals surface area contributed by atoms with Gasteiger partial charge in [-0.25, -0.2) is 4.98 Å². The SMILES string of the molecule is O=C(Cc1nc(-c2ccc(Cl)c(Cl)c2)cs1)N1CCOCC1. The summed E-state index contributed by atoms with van der Waals surface area (Å²) in [7, 11) is 0. The highest BCUT2D eigenvalue weighted by Crippen LogP contribution is 2.29. The molecule has 1 aromatic heterocycles. The number of hydrogen-bond acceptors (Lipinski definition) is 4. The van der Waals surface area contributed by atoms with Crippen molar-refractivity contribution in [2.75, 3.05) is 26.3 Å². The molecule has 3 rings (SSSR count). The lowest BCUT2D eigenvalue weighted by Crippen LogP contribution is -2.41. The van der Waals surface area contributed by atoms with Crippen LogP contribution >= 0.6 is 34.5 Å². The Hall–Kier alpha value is -1.14. The Morgan fingerprint density at radius 3 is 2.77 bits per heavy atom. The molecule has 116 valence electrons. The zero-order chi connectivity index (χ0) is 15.5. The number of benzene rings is 1. The maximum absolute atomic E-state index is 12.2. The quantitative estimate of drug-likeness (QED) is 0.844. The Balaban J connectivity index is 1.70. The number of amides is 1. The number of morpholine rings is 1. The van der Waals surface area contributed by atoms with Crippen LogP contribution in [0.1, 0.15) is 5.01 Å². The standard InChI is InChI=1S/C15H14Cl2N2O2S/c16-11-2-1-10(7-12(11)17)13-9-22-14(18-13)8-15(20)19-3-5-21-6-4-19/h1-2,7,9H,3-6,8H2. The van der Waals surface area contributed by atoms with Crippen molar-refractivity contribution in [3.05, 3.63) is 38.6 Å². The van der Waals surface area contributed by atoms with E-state index >= 15 is 0 Å². The van der Waals surface area contributed by atoms with Gasteiger partial charge in [0.2, 0.25) is 5.91 Å². The third kappa shape index (κ3) is 3.60. The van der Waals surface area contributed by atoms with Crippen LogP contribution in [-0.2, 0) is 16.0 Å². The number of halogens is 2. The lowest BCUT2D eigenvalue weighted by atomic mass is 10.2. The molecule has 0 bridgehead atoms. The fourth-order valence-electron chi connectivity index (χ4n) is 2.23. The summed E-state index contributed by atoms with van der Waals surface area (Å²) in [4.78, 5) is 18.6. The zero-order valence-corrected chi connectivity index (χ0v) is 14.0. The van der Waals surface area contributed by atoms with Gasteiger partial charge >= 0.3 is 0 Å². The first-order valence-corrected chi connectivity index (χ1v) is 8.52. The molecule has 2 aromatic rings. The van der Waals surface area contributed by atoms with Crippen LogP contribution in [0.4, 0.5) is 0 Å². The van der Waals surface area contributed by atoms with Crippen molar-refractivity contribution in [3.8, 4) is 11.3 Å². The molecule has 1 fully saturated rings. The molecule has 4 nitrogen and oxygen atoms in total. The minimum absolute atomic E-state index is 0.0957. The van der Waals surface area contributed by atoms with Gasteiger partial charge in [-0.15, -0.1) is 11.3 Å². The molecule has 0 aliphatic carbocycles. The number of ether oxygens (including phenoxy) is 1. The lowest BCUT2D eigenvalue weighted by Gasteiger charge is -2.26. The van der Waals surface area contributed by atoms with Crippen molar-refractivity contribution in [1.29, 1.82) is 0 Å². The molecule has 1 aromatic carbocycles. The van der Waals surface area contributed by atoms with Gasteiger partial charge in [-0.2, -0.15) is 0 Å². The maximum atomic E-state index is 12.2. The van der Waals surface area contributed by atoms with E-state index in [-0.39, 0.29) is 5.91 Å². The van der Waals surface area contributed by atoms with Crippen molar-refractivity contribution in [3.63, 3.8) is 0 Å². The normalized spacial score (nSPS) is 15.1. The fourth-order valence-corrected chi connectivity index (χ4v) is 3.33. The molecular weight excluding hydrogens is 343 g/mol. The Labute approximate surface area is 142 Å². The number of carbonyl (C=O) groups excluding carboxylic acids is 1. The van der Waals surface area contributed by atoms with Crippen LogP contribution in [0.2, 0.25) is 10.0 Å². The van der Waals surface area contributed by atoms with Crippen LogP contribution in [0.15, 0.2) is 23.6 Å². The van der Waals surface area contributed by atoms with E-state index in [0.29, 0.717) is 42.8 Å². The van der Waals surface area contributed by atoms with Crippen molar-refractivity contribution < 1.29 is 9.53 Å². The van der Waals surface area contributed by atoms with Gasteiger partial charge in [-0.1, -0.05) is 29.3 Å². The number of rotatable bonds is 3. The summed E-state index contributed by atoms with van der Waals surface area (Å²) in [5.41, 5.74) is 1.71. The van der Waals surface area contributed by atoms with Gasteiger partial charge in [-0.05, 0) is 12.1 Å². The van der Waals surface area contributed by atoms with Crippen LogP contribution in [0, 0.1) is 0 Å². The van der Waals surface area contributed by atoms with Crippen LogP contribution < -0.4 is 0 Å². The van der Waals surface area contributed by atoms with Crippen LogP contribution in [0.3, 0.4) is 0 Å². The lowest BCUT2D eigenvalue weighted by molar-refractivity contribution is -0.134. The van der Waals surface area contributed by atoms with E-state index in [2.05, 4.69) is 4.98 Å². The first-order valence-electron chi connectivity index (χ1n) is 6.89. The molecule has 0 unspecified atom stereocenters. The summed E-state index contributed by atoms with van der Waals surface area (Å²) in [5.74, 6) is 0.0957. The second kappa shape index (κ2) is 6.96. The van der Waals surface area contributed by atoms with E-state index < -0.39 is 0 Å². The predicted octanol–water partition coefficient (Wildman–Crippen LogP) is 3.52. The van der Waals surface area contributed by atoms with Crippen LogP contribution in [-0.4, -0.2) is 42.1 Å². The molecule has 2 heterocycles. The highest BCUT2D eigenvalue weighted by molar-refractivity contribution is 7.10. The number of aromatic nitrogens is 1. The van der Waals surface area contributed by atoms with E-state index in [9.17, 15) is 4.79 Å². The zero-order valence-electron chi connectivity index (χ0n) is 11.7. The Morgan fingerprint density at radius 1 is 1.27 bits per heavy atom. The summed E-state index contributed by atoms with van der Waals surface area (Å²) in [6.07, 6.45) is 0.325. The number of hydrogen-bond donors (Lipinski definition) is 0. The van der Waals surface area contributed by atoms with E-state index in [1.165, 1.54) is 11.3 Å². The molecule has 1 amide bonds. The molecule has 7 heteroatoms. The molecule has 0 spiro atoms. The second-order valence-corrected chi connectivity index (χ2v) is 6.68. The molecular formula is C15H14Cl2N2O2S. The highest BCUT2D eigenvalue weighted by Gasteiger charge is 2.18. The maximum Gasteiger partial charge on any atom is 0.229 e. The third-order valence-corrected chi connectivity index (χ3v) is 5.02. The average Bonchev–Trinajstić information content (AvgIpc) is 2.99. The topological polar surface area (TPSA) is 42.4 Å². The Bertz CT molecular complexity index is 684. The fraction of sp³-hybridized carbons (Fsp3) is 0.333. The van der Waals surface area contributed by atoms with Crippen molar-refractivity contribution >= 4 is 40.4 Å². The Kier molecular flexibility index (Phi) is 4.98. The van der Waals surface area contributed by atoms with Gasteiger partial charge in [0, 0.05) is 24.0 Å². The van der Waals surface area contributed by atoms with Gasteiger partial charge in [-0.3, -0.25) is 4.79 Å². The van der Waals surface area contributed by atoms with E-state index in [1.54, 1.807) is 12.1 Å². The van der Waals surface area contributed by atoms with E-state index in [1.807, 2.05) is 16.3 Å². The van der Waals surface area contributed by atoms with Crippen molar-refractivity contribution in [2.45, 2.75) is 6.42 Å². The van der Waals surface area contributed by atoms with Gasteiger partial charge in [0.15, 0.2) is 0 Å². The summed E-state index contributed by atoms with van der Waals surface area (Å²) in [6, 6.07) is 5.40. The summed E-state index contributed by atoms with van der Waals surface area (Å²) in [6.45, 7) is 2.53. The molecule has 1 aliphatic rings. The summed E-state index contributed by atoms with van der Waals surface area (Å²) in [5, 5.41) is 3.75. The number of nitrogens with zero attached hydrogens (tertiary/aromatic N) is 2. The molecule has 0 radical (unpaired) electrons. The van der Waals surface area contributed by atoms with Gasteiger partial charge in [0.05, 0.1) is 35.4 Å². The van der Waals surface area contributed by atoms with Gasteiger partial charge < -0.3 is 9.64 Å². The molecule has 1 aliphatic heterocycles. The molecule has 22 heavy (non-hydrogen) atoms. The van der Waals surface area contributed by atoms with Crippen LogP contribution in [0.25, 0.3) is 11.3 Å². The number of carbonyl (C=O) groups is 1. The molecule has 0 atom stereocenters. The van der Waals surface area contributed by atoms with E-state index in [0.717, 1.165) is 16.3 Å².